The molecule has 0 fully saturated rings. The van der Waals surface area contributed by atoms with Gasteiger partial charge in [0.25, 0.3) is 11.8 Å². The van der Waals surface area contributed by atoms with Crippen molar-refractivity contribution in [1.82, 2.24) is 10.2 Å². The fourth-order valence-corrected chi connectivity index (χ4v) is 2.59. The number of fused-ring (bicyclic) bond motifs is 2. The van der Waals surface area contributed by atoms with Crippen molar-refractivity contribution in [3.05, 3.63) is 65.4 Å². The lowest BCUT2D eigenvalue weighted by Gasteiger charge is -2.11. The van der Waals surface area contributed by atoms with E-state index in [2.05, 4.69) is 5.16 Å². The molecule has 0 spiro atoms. The van der Waals surface area contributed by atoms with Gasteiger partial charge in [-0.15, -0.1) is 0 Å². The van der Waals surface area contributed by atoms with E-state index in [1.165, 1.54) is 12.1 Å². The maximum absolute atomic E-state index is 12.2. The minimum absolute atomic E-state index is 0.210. The molecule has 2 heterocycles. The zero-order valence-electron chi connectivity index (χ0n) is 12.3. The third-order valence-corrected chi connectivity index (χ3v) is 3.71. The predicted octanol–water partition coefficient (Wildman–Crippen LogP) is 2.12. The van der Waals surface area contributed by atoms with Gasteiger partial charge in [-0.25, -0.2) is 4.79 Å². The first-order valence-corrected chi connectivity index (χ1v) is 7.17. The molecule has 24 heavy (non-hydrogen) atoms. The van der Waals surface area contributed by atoms with E-state index in [1.54, 1.807) is 36.4 Å². The second kappa shape index (κ2) is 5.31. The topological polar surface area (TPSA) is 89.7 Å². The Morgan fingerprint density at radius 2 is 1.62 bits per heavy atom. The zero-order valence-corrected chi connectivity index (χ0v) is 12.3. The average Bonchev–Trinajstić information content (AvgIpc) is 3.11. The van der Waals surface area contributed by atoms with Gasteiger partial charge in [0.2, 0.25) is 0 Å². The number of hydroxylamine groups is 2. The molecular weight excluding hydrogens is 312 g/mol. The molecule has 0 atom stereocenters. The highest BCUT2D eigenvalue weighted by Crippen LogP contribution is 2.23. The Bertz CT molecular complexity index is 956. The van der Waals surface area contributed by atoms with Crippen LogP contribution in [0.25, 0.3) is 11.0 Å². The molecule has 2 amide bonds. The monoisotopic (exact) mass is 322 g/mol. The lowest BCUT2D eigenvalue weighted by molar-refractivity contribution is -0.167. The summed E-state index contributed by atoms with van der Waals surface area (Å²) >= 11 is 0. The Morgan fingerprint density at radius 1 is 1.00 bits per heavy atom. The van der Waals surface area contributed by atoms with E-state index in [1.807, 2.05) is 0 Å². The number of carbonyl (C=O) groups excluding carboxylic acids is 3. The Labute approximate surface area is 135 Å². The first kappa shape index (κ1) is 14.1. The van der Waals surface area contributed by atoms with Crippen molar-refractivity contribution < 1.29 is 23.7 Å². The average molecular weight is 322 g/mol. The number of aromatic nitrogens is 1. The molecular formula is C17H10N2O5. The molecule has 0 saturated heterocycles. The number of rotatable bonds is 3. The number of hydrogen-bond acceptors (Lipinski definition) is 6. The highest BCUT2D eigenvalue weighted by Gasteiger charge is 2.38. The van der Waals surface area contributed by atoms with Crippen LogP contribution in [0.3, 0.4) is 0 Å². The second-order valence-electron chi connectivity index (χ2n) is 5.22. The van der Waals surface area contributed by atoms with E-state index >= 15 is 0 Å². The lowest BCUT2D eigenvalue weighted by atomic mass is 10.1. The summed E-state index contributed by atoms with van der Waals surface area (Å²) in [5.74, 6) is -2.09. The molecule has 7 nitrogen and oxygen atoms in total. The van der Waals surface area contributed by atoms with Crippen LogP contribution in [0.1, 0.15) is 26.4 Å². The van der Waals surface area contributed by atoms with Gasteiger partial charge < -0.3 is 9.36 Å². The van der Waals surface area contributed by atoms with Crippen LogP contribution in [-0.2, 0) is 16.1 Å². The number of nitrogens with zero attached hydrogens (tertiary/aromatic N) is 2. The van der Waals surface area contributed by atoms with Crippen LogP contribution in [0.5, 0.6) is 0 Å². The van der Waals surface area contributed by atoms with E-state index < -0.39 is 17.8 Å². The van der Waals surface area contributed by atoms with E-state index in [-0.39, 0.29) is 17.5 Å². The van der Waals surface area contributed by atoms with Crippen molar-refractivity contribution in [2.24, 2.45) is 0 Å². The fourth-order valence-electron chi connectivity index (χ4n) is 2.59. The predicted molar refractivity (Wildman–Crippen MR) is 80.7 cm³/mol. The molecule has 118 valence electrons. The summed E-state index contributed by atoms with van der Waals surface area (Å²) in [6.07, 6.45) is -0.218. The molecule has 7 heteroatoms. The van der Waals surface area contributed by atoms with Crippen LogP contribution in [-0.4, -0.2) is 28.0 Å². The minimum Gasteiger partial charge on any atom is -0.356 e. The molecule has 4 rings (SSSR count). The Balaban J connectivity index is 1.53. The van der Waals surface area contributed by atoms with Crippen molar-refractivity contribution in [1.29, 1.82) is 0 Å². The SMILES string of the molecule is O=C(Cc1noc2ccccc12)ON1C(=O)c2ccccc2C1=O. The van der Waals surface area contributed by atoms with E-state index in [9.17, 15) is 14.4 Å². The number of para-hydroxylation sites is 1. The summed E-state index contributed by atoms with van der Waals surface area (Å²) in [7, 11) is 0. The summed E-state index contributed by atoms with van der Waals surface area (Å²) in [4.78, 5) is 41.4. The summed E-state index contributed by atoms with van der Waals surface area (Å²) < 4.78 is 5.11. The molecule has 1 aliphatic heterocycles. The van der Waals surface area contributed by atoms with Crippen LogP contribution >= 0.6 is 0 Å². The summed E-state index contributed by atoms with van der Waals surface area (Å²) in [5, 5.41) is 4.98. The standard InChI is InChI=1S/C17H10N2O5/c20-15(9-13-12-7-3-4-8-14(12)23-18-13)24-19-16(21)10-5-1-2-6-11(10)17(19)22/h1-8H,9H2. The fraction of sp³-hybridized carbons (Fsp3) is 0.0588. The zero-order chi connectivity index (χ0) is 16.7. The minimum atomic E-state index is -0.774. The summed E-state index contributed by atoms with van der Waals surface area (Å²) in [6.45, 7) is 0. The lowest BCUT2D eigenvalue weighted by Crippen LogP contribution is -2.33. The summed E-state index contributed by atoms with van der Waals surface area (Å²) in [6, 6.07) is 13.3. The molecule has 0 saturated carbocycles. The maximum Gasteiger partial charge on any atom is 0.339 e. The van der Waals surface area contributed by atoms with Crippen LogP contribution in [0, 0.1) is 0 Å². The molecule has 1 aromatic heterocycles. The Hall–Kier alpha value is -3.48. The second-order valence-corrected chi connectivity index (χ2v) is 5.22. The van der Waals surface area contributed by atoms with E-state index in [0.717, 1.165) is 0 Å². The molecule has 0 radical (unpaired) electrons. The van der Waals surface area contributed by atoms with Gasteiger partial charge in [0.15, 0.2) is 5.58 Å². The molecule has 1 aliphatic rings. The number of benzene rings is 2. The third-order valence-electron chi connectivity index (χ3n) is 3.71. The van der Waals surface area contributed by atoms with Gasteiger partial charge in [-0.1, -0.05) is 34.5 Å². The molecule has 0 bridgehead atoms. The Morgan fingerprint density at radius 3 is 2.33 bits per heavy atom. The largest absolute Gasteiger partial charge is 0.356 e. The molecule has 0 N–H and O–H groups in total. The van der Waals surface area contributed by atoms with E-state index in [4.69, 9.17) is 9.36 Å². The maximum atomic E-state index is 12.2. The molecule has 3 aromatic rings. The normalized spacial score (nSPS) is 13.4. The van der Waals surface area contributed by atoms with Crippen LogP contribution in [0.4, 0.5) is 0 Å². The van der Waals surface area contributed by atoms with E-state index in [0.29, 0.717) is 21.7 Å². The van der Waals surface area contributed by atoms with Gasteiger partial charge in [-0.3, -0.25) is 9.59 Å². The quantitative estimate of drug-likeness (QED) is 0.686. The number of amides is 2. The Kier molecular flexibility index (Phi) is 3.13. The van der Waals surface area contributed by atoms with Gasteiger partial charge in [0.1, 0.15) is 5.69 Å². The van der Waals surface area contributed by atoms with Crippen LogP contribution < -0.4 is 0 Å². The molecule has 0 aliphatic carbocycles. The van der Waals surface area contributed by atoms with Crippen LogP contribution in [0.2, 0.25) is 0 Å². The van der Waals surface area contributed by atoms with Crippen molar-refractivity contribution in [3.63, 3.8) is 0 Å². The molecule has 2 aromatic carbocycles. The van der Waals surface area contributed by atoms with Crippen molar-refractivity contribution >= 4 is 28.8 Å². The number of imide groups is 1. The van der Waals surface area contributed by atoms with Gasteiger partial charge in [-0.2, -0.15) is 0 Å². The van der Waals surface area contributed by atoms with Crippen molar-refractivity contribution in [2.75, 3.05) is 0 Å². The smallest absolute Gasteiger partial charge is 0.339 e. The van der Waals surface area contributed by atoms with Gasteiger partial charge in [0.05, 0.1) is 17.5 Å². The van der Waals surface area contributed by atoms with Crippen LogP contribution in [0.15, 0.2) is 53.1 Å². The van der Waals surface area contributed by atoms with Gasteiger partial charge in [-0.05, 0) is 24.3 Å². The molecule has 0 unspecified atom stereocenters. The van der Waals surface area contributed by atoms with Crippen molar-refractivity contribution in [3.8, 4) is 0 Å². The number of hydrogen-bond donors (Lipinski definition) is 0. The highest BCUT2D eigenvalue weighted by atomic mass is 16.7. The first-order valence-electron chi connectivity index (χ1n) is 7.17. The third kappa shape index (κ3) is 2.14. The van der Waals surface area contributed by atoms with Gasteiger partial charge >= 0.3 is 5.97 Å². The first-order chi connectivity index (χ1) is 11.6. The highest BCUT2D eigenvalue weighted by molar-refractivity contribution is 6.20. The van der Waals surface area contributed by atoms with Gasteiger partial charge in [0, 0.05) is 5.39 Å². The number of carbonyl (C=O) groups is 3. The summed E-state index contributed by atoms with van der Waals surface area (Å²) in [5.41, 5.74) is 1.35. The van der Waals surface area contributed by atoms with Crippen molar-refractivity contribution in [2.45, 2.75) is 6.42 Å².